The first kappa shape index (κ1) is 21.6. The highest BCUT2D eigenvalue weighted by atomic mass is 35.5. The third-order valence-corrected chi connectivity index (χ3v) is 6.44. The van der Waals surface area contributed by atoms with Gasteiger partial charge in [-0.3, -0.25) is 9.36 Å². The van der Waals surface area contributed by atoms with E-state index in [1.165, 1.54) is 0 Å². The van der Waals surface area contributed by atoms with Crippen LogP contribution in [0.25, 0.3) is 27.8 Å². The molecule has 7 nitrogen and oxygen atoms in total. The number of aryl methyl sites for hydroxylation is 2. The average Bonchev–Trinajstić information content (AvgIpc) is 3.13. The van der Waals surface area contributed by atoms with Gasteiger partial charge in [0.25, 0.3) is 5.56 Å². The molecule has 0 amide bonds. The average molecular weight is 465 g/mol. The highest BCUT2D eigenvalue weighted by molar-refractivity contribution is 6.30. The second-order valence-corrected chi connectivity index (χ2v) is 8.60. The van der Waals surface area contributed by atoms with Crippen molar-refractivity contribution >= 4 is 28.2 Å². The fraction of sp³-hybridized carbons (Fsp3) is 0.280. The maximum atomic E-state index is 13.1. The van der Waals surface area contributed by atoms with Gasteiger partial charge in [0.15, 0.2) is 0 Å². The van der Waals surface area contributed by atoms with E-state index in [-0.39, 0.29) is 11.2 Å². The van der Waals surface area contributed by atoms with Crippen molar-refractivity contribution in [2.75, 3.05) is 31.2 Å². The van der Waals surface area contributed by atoms with Crippen LogP contribution in [0.2, 0.25) is 5.02 Å². The normalized spacial score (nSPS) is 14.2. The van der Waals surface area contributed by atoms with E-state index in [4.69, 9.17) is 16.3 Å². The van der Waals surface area contributed by atoms with E-state index in [9.17, 15) is 9.59 Å². The second-order valence-electron chi connectivity index (χ2n) is 8.16. The Morgan fingerprint density at radius 2 is 1.73 bits per heavy atom. The summed E-state index contributed by atoms with van der Waals surface area (Å²) in [7, 11) is 1.74. The molecule has 33 heavy (non-hydrogen) atoms. The fourth-order valence-electron chi connectivity index (χ4n) is 4.52. The number of anilines is 1. The first-order chi connectivity index (χ1) is 16.0. The molecule has 0 N–H and O–H groups in total. The molecular formula is C25H25ClN4O3. The van der Waals surface area contributed by atoms with E-state index in [0.29, 0.717) is 24.8 Å². The van der Waals surface area contributed by atoms with Gasteiger partial charge in [0, 0.05) is 54.9 Å². The molecule has 0 atom stereocenters. The molecule has 4 aromatic rings. The Morgan fingerprint density at radius 3 is 2.42 bits per heavy atom. The minimum Gasteiger partial charge on any atom is -0.378 e. The van der Waals surface area contributed by atoms with Crippen molar-refractivity contribution in [3.05, 3.63) is 80.6 Å². The van der Waals surface area contributed by atoms with Gasteiger partial charge in [-0.1, -0.05) is 23.7 Å². The van der Waals surface area contributed by atoms with Gasteiger partial charge < -0.3 is 18.8 Å². The van der Waals surface area contributed by atoms with E-state index in [1.54, 1.807) is 26.8 Å². The molecule has 170 valence electrons. The molecule has 8 heteroatoms. The van der Waals surface area contributed by atoms with E-state index in [0.717, 1.165) is 46.6 Å². The third kappa shape index (κ3) is 3.77. The van der Waals surface area contributed by atoms with Gasteiger partial charge in [0.1, 0.15) is 0 Å². The van der Waals surface area contributed by atoms with E-state index < -0.39 is 0 Å². The Bertz CT molecular complexity index is 1440. The number of fused-ring (bicyclic) bond motifs is 1. The number of pyridine rings is 1. The summed E-state index contributed by atoms with van der Waals surface area (Å²) < 4.78 is 10.5. The van der Waals surface area contributed by atoms with Gasteiger partial charge in [0.05, 0.1) is 35.8 Å². The highest BCUT2D eigenvalue weighted by Crippen LogP contribution is 2.30. The second kappa shape index (κ2) is 8.57. The molecule has 0 radical (unpaired) electrons. The molecule has 1 fully saturated rings. The molecule has 2 aromatic carbocycles. The van der Waals surface area contributed by atoms with Crippen LogP contribution in [0.1, 0.15) is 6.92 Å². The van der Waals surface area contributed by atoms with Crippen LogP contribution in [0.5, 0.6) is 0 Å². The summed E-state index contributed by atoms with van der Waals surface area (Å²) >= 11 is 6.08. The minimum absolute atomic E-state index is 0.0297. The smallest absolute Gasteiger partial charge is 0.332 e. The van der Waals surface area contributed by atoms with Crippen LogP contribution in [0.4, 0.5) is 5.69 Å². The van der Waals surface area contributed by atoms with Gasteiger partial charge in [-0.2, -0.15) is 0 Å². The largest absolute Gasteiger partial charge is 0.378 e. The summed E-state index contributed by atoms with van der Waals surface area (Å²) in [6.45, 7) is 5.21. The van der Waals surface area contributed by atoms with Crippen molar-refractivity contribution in [1.29, 1.82) is 0 Å². The first-order valence-corrected chi connectivity index (χ1v) is 11.4. The van der Waals surface area contributed by atoms with Crippen molar-refractivity contribution < 1.29 is 4.74 Å². The van der Waals surface area contributed by atoms with Gasteiger partial charge in [0.2, 0.25) is 0 Å². The maximum Gasteiger partial charge on any atom is 0.332 e. The van der Waals surface area contributed by atoms with Gasteiger partial charge >= 0.3 is 5.69 Å². The van der Waals surface area contributed by atoms with Crippen LogP contribution in [-0.2, 0) is 18.3 Å². The van der Waals surface area contributed by atoms with Crippen LogP contribution in [0.15, 0.2) is 64.3 Å². The number of ether oxygens (including phenoxy) is 1. The first-order valence-electron chi connectivity index (χ1n) is 11.0. The number of rotatable bonds is 4. The van der Waals surface area contributed by atoms with Gasteiger partial charge in [-0.15, -0.1) is 0 Å². The Morgan fingerprint density at radius 1 is 1.00 bits per heavy atom. The number of hydrogen-bond donors (Lipinski definition) is 0. The molecule has 1 aliphatic rings. The molecule has 0 spiro atoms. The lowest BCUT2D eigenvalue weighted by Gasteiger charge is -2.30. The molecule has 1 aliphatic heterocycles. The van der Waals surface area contributed by atoms with E-state index in [1.807, 2.05) is 55.6 Å². The summed E-state index contributed by atoms with van der Waals surface area (Å²) in [5.41, 5.74) is 3.97. The molecular weight excluding hydrogens is 440 g/mol. The van der Waals surface area contributed by atoms with Crippen molar-refractivity contribution in [3.63, 3.8) is 0 Å². The van der Waals surface area contributed by atoms with Crippen LogP contribution in [0, 0.1) is 0 Å². The number of morpholine rings is 1. The number of nitrogens with zero attached hydrogens (tertiary/aromatic N) is 4. The predicted octanol–water partition coefficient (Wildman–Crippen LogP) is 3.67. The number of halogens is 1. The molecule has 0 bridgehead atoms. The lowest BCUT2D eigenvalue weighted by Crippen LogP contribution is -2.37. The zero-order valence-corrected chi connectivity index (χ0v) is 19.4. The molecule has 5 rings (SSSR count). The van der Waals surface area contributed by atoms with Crippen molar-refractivity contribution in [2.24, 2.45) is 7.05 Å². The van der Waals surface area contributed by atoms with Gasteiger partial charge in [-0.25, -0.2) is 4.79 Å². The summed E-state index contributed by atoms with van der Waals surface area (Å²) in [4.78, 5) is 28.2. The SMILES string of the molecule is CCn1c(=O)cc(N2CCOCC2)c2cc(-n3c(-c4ccc(Cl)cc4)cn(C)c3=O)ccc21. The maximum absolute atomic E-state index is 13.1. The van der Waals surface area contributed by atoms with Crippen LogP contribution in [0.3, 0.4) is 0 Å². The molecule has 3 heterocycles. The van der Waals surface area contributed by atoms with Crippen molar-refractivity contribution in [1.82, 2.24) is 13.7 Å². The van der Waals surface area contributed by atoms with E-state index >= 15 is 0 Å². The Balaban J connectivity index is 1.75. The molecule has 0 unspecified atom stereocenters. The summed E-state index contributed by atoms with van der Waals surface area (Å²) in [6.07, 6.45) is 1.83. The molecule has 0 aliphatic carbocycles. The Hall–Kier alpha value is -3.29. The summed E-state index contributed by atoms with van der Waals surface area (Å²) in [6, 6.07) is 15.0. The van der Waals surface area contributed by atoms with E-state index in [2.05, 4.69) is 4.90 Å². The Kier molecular flexibility index (Phi) is 5.60. The fourth-order valence-corrected chi connectivity index (χ4v) is 4.64. The number of imidazole rings is 1. The topological polar surface area (TPSA) is 61.4 Å². The monoisotopic (exact) mass is 464 g/mol. The zero-order valence-electron chi connectivity index (χ0n) is 18.6. The number of hydrogen-bond acceptors (Lipinski definition) is 4. The molecule has 1 saturated heterocycles. The Labute approximate surface area is 196 Å². The van der Waals surface area contributed by atoms with Gasteiger partial charge in [-0.05, 0) is 37.3 Å². The lowest BCUT2D eigenvalue weighted by molar-refractivity contribution is 0.123. The molecule has 2 aromatic heterocycles. The van der Waals surface area contributed by atoms with Crippen molar-refractivity contribution in [3.8, 4) is 16.9 Å². The van der Waals surface area contributed by atoms with Crippen LogP contribution in [-0.4, -0.2) is 40.0 Å². The number of benzene rings is 2. The summed E-state index contributed by atoms with van der Waals surface area (Å²) in [5, 5.41) is 1.58. The highest BCUT2D eigenvalue weighted by Gasteiger charge is 2.19. The predicted molar refractivity (Wildman–Crippen MR) is 132 cm³/mol. The van der Waals surface area contributed by atoms with Crippen LogP contribution < -0.4 is 16.1 Å². The standard InChI is InChI=1S/C25H25ClN4O3/c1-3-29-21-9-8-19(14-20(21)22(15-24(29)31)28-10-12-33-13-11-28)30-23(16-27(2)25(30)32)17-4-6-18(26)7-5-17/h4-9,14-16H,3,10-13H2,1-2H3. The minimum atomic E-state index is -0.143. The zero-order chi connectivity index (χ0) is 23.1. The number of aromatic nitrogens is 3. The third-order valence-electron chi connectivity index (χ3n) is 6.19. The summed E-state index contributed by atoms with van der Waals surface area (Å²) in [5.74, 6) is 0. The molecule has 0 saturated carbocycles. The lowest BCUT2D eigenvalue weighted by atomic mass is 10.1. The van der Waals surface area contributed by atoms with Crippen LogP contribution >= 0.6 is 11.6 Å². The quantitative estimate of drug-likeness (QED) is 0.462. The van der Waals surface area contributed by atoms with Crippen molar-refractivity contribution in [2.45, 2.75) is 13.5 Å².